The molecular formula is C20H24ClN3O3. The van der Waals surface area contributed by atoms with E-state index in [9.17, 15) is 9.59 Å². The molecule has 0 aromatic heterocycles. The number of halogens is 1. The molecule has 27 heavy (non-hydrogen) atoms. The lowest BCUT2D eigenvalue weighted by Crippen LogP contribution is -2.51. The molecule has 2 aromatic carbocycles. The maximum absolute atomic E-state index is 12.6. The maximum atomic E-state index is 12.6. The highest BCUT2D eigenvalue weighted by Gasteiger charge is 2.24. The second kappa shape index (κ2) is 9.83. The van der Waals surface area contributed by atoms with Gasteiger partial charge in [0.1, 0.15) is 5.75 Å². The summed E-state index contributed by atoms with van der Waals surface area (Å²) in [5.41, 5.74) is 1.56. The molecule has 1 saturated heterocycles. The van der Waals surface area contributed by atoms with E-state index in [1.165, 1.54) is 0 Å². The van der Waals surface area contributed by atoms with E-state index in [0.717, 1.165) is 11.4 Å². The summed E-state index contributed by atoms with van der Waals surface area (Å²) < 4.78 is 5.11. The molecule has 2 amide bonds. The highest BCUT2D eigenvalue weighted by atomic mass is 35.5. The number of nitrogens with one attached hydrogen (secondary N) is 1. The number of piperazine rings is 1. The summed E-state index contributed by atoms with van der Waals surface area (Å²) in [6.07, 6.45) is 0. The van der Waals surface area contributed by atoms with Gasteiger partial charge in [-0.25, -0.2) is 0 Å². The molecule has 1 heterocycles. The molecule has 0 spiro atoms. The molecule has 1 fully saturated rings. The Kier molecular flexibility index (Phi) is 7.49. The summed E-state index contributed by atoms with van der Waals surface area (Å²) in [5.74, 6) is 0.760. The summed E-state index contributed by atoms with van der Waals surface area (Å²) in [7, 11) is 1.60. The van der Waals surface area contributed by atoms with Gasteiger partial charge < -0.3 is 19.9 Å². The van der Waals surface area contributed by atoms with Gasteiger partial charge in [0, 0.05) is 37.4 Å². The Morgan fingerprint density at radius 2 is 1.52 bits per heavy atom. The number of para-hydroxylation sites is 1. The zero-order valence-corrected chi connectivity index (χ0v) is 16.1. The van der Waals surface area contributed by atoms with E-state index < -0.39 is 0 Å². The van der Waals surface area contributed by atoms with Gasteiger partial charge in [0.2, 0.25) is 5.91 Å². The number of anilines is 1. The first-order valence-electron chi connectivity index (χ1n) is 8.67. The van der Waals surface area contributed by atoms with Crippen molar-refractivity contribution in [3.05, 3.63) is 60.2 Å². The summed E-state index contributed by atoms with van der Waals surface area (Å²) in [6, 6.07) is 16.7. The Hall–Kier alpha value is -2.73. The third-order valence-electron chi connectivity index (χ3n) is 4.47. The van der Waals surface area contributed by atoms with Crippen LogP contribution in [0.25, 0.3) is 0 Å². The third-order valence-corrected chi connectivity index (χ3v) is 4.47. The van der Waals surface area contributed by atoms with E-state index in [0.29, 0.717) is 31.7 Å². The zero-order valence-electron chi connectivity index (χ0n) is 15.3. The molecular weight excluding hydrogens is 366 g/mol. The van der Waals surface area contributed by atoms with Crippen molar-refractivity contribution in [1.82, 2.24) is 9.80 Å². The van der Waals surface area contributed by atoms with Crippen molar-refractivity contribution in [3.63, 3.8) is 0 Å². The van der Waals surface area contributed by atoms with Gasteiger partial charge in [-0.3, -0.25) is 9.59 Å². The molecule has 0 atom stereocenters. The minimum absolute atomic E-state index is 0. The summed E-state index contributed by atoms with van der Waals surface area (Å²) >= 11 is 0. The second-order valence-corrected chi connectivity index (χ2v) is 6.12. The Bertz CT molecular complexity index is 745. The SMILES string of the molecule is COc1ccc(C(=O)N2CCN(C(=O)CNc3ccccc3)CC2)cc1.Cl. The van der Waals surface area contributed by atoms with Crippen molar-refractivity contribution in [2.24, 2.45) is 0 Å². The van der Waals surface area contributed by atoms with E-state index in [1.54, 1.807) is 41.2 Å². The van der Waals surface area contributed by atoms with Crippen LogP contribution in [0.1, 0.15) is 10.4 Å². The first-order chi connectivity index (χ1) is 12.7. The summed E-state index contributed by atoms with van der Waals surface area (Å²) in [5, 5.41) is 3.13. The molecule has 0 radical (unpaired) electrons. The van der Waals surface area contributed by atoms with Crippen LogP contribution < -0.4 is 10.1 Å². The lowest BCUT2D eigenvalue weighted by molar-refractivity contribution is -0.130. The van der Waals surface area contributed by atoms with Crippen LogP contribution in [0.5, 0.6) is 5.75 Å². The van der Waals surface area contributed by atoms with Crippen LogP contribution >= 0.6 is 12.4 Å². The van der Waals surface area contributed by atoms with E-state index >= 15 is 0 Å². The third kappa shape index (κ3) is 5.37. The topological polar surface area (TPSA) is 61.9 Å². The Balaban J connectivity index is 0.00000261. The molecule has 0 unspecified atom stereocenters. The fourth-order valence-electron chi connectivity index (χ4n) is 2.92. The highest BCUT2D eigenvalue weighted by Crippen LogP contribution is 2.14. The number of benzene rings is 2. The smallest absolute Gasteiger partial charge is 0.253 e. The van der Waals surface area contributed by atoms with Gasteiger partial charge in [-0.05, 0) is 36.4 Å². The van der Waals surface area contributed by atoms with Gasteiger partial charge in [0.05, 0.1) is 13.7 Å². The summed E-state index contributed by atoms with van der Waals surface area (Å²) in [6.45, 7) is 2.45. The maximum Gasteiger partial charge on any atom is 0.253 e. The monoisotopic (exact) mass is 389 g/mol. The predicted octanol–water partition coefficient (Wildman–Crippen LogP) is 2.51. The van der Waals surface area contributed by atoms with E-state index in [4.69, 9.17) is 4.74 Å². The van der Waals surface area contributed by atoms with Crippen LogP contribution in [0.2, 0.25) is 0 Å². The van der Waals surface area contributed by atoms with Crippen LogP contribution in [0.4, 0.5) is 5.69 Å². The highest BCUT2D eigenvalue weighted by molar-refractivity contribution is 5.94. The molecule has 0 aliphatic carbocycles. The fourth-order valence-corrected chi connectivity index (χ4v) is 2.92. The van der Waals surface area contributed by atoms with Gasteiger partial charge in [-0.15, -0.1) is 12.4 Å². The van der Waals surface area contributed by atoms with Gasteiger partial charge in [-0.2, -0.15) is 0 Å². The Morgan fingerprint density at radius 3 is 2.11 bits per heavy atom. The minimum Gasteiger partial charge on any atom is -0.497 e. The number of ether oxygens (including phenoxy) is 1. The van der Waals surface area contributed by atoms with Crippen molar-refractivity contribution in [1.29, 1.82) is 0 Å². The van der Waals surface area contributed by atoms with Crippen LogP contribution in [-0.4, -0.2) is 61.4 Å². The Morgan fingerprint density at radius 1 is 0.926 bits per heavy atom. The molecule has 6 nitrogen and oxygen atoms in total. The number of hydrogen-bond donors (Lipinski definition) is 1. The average molecular weight is 390 g/mol. The van der Waals surface area contributed by atoms with Crippen LogP contribution in [0, 0.1) is 0 Å². The number of carbonyl (C=O) groups is 2. The molecule has 1 N–H and O–H groups in total. The zero-order chi connectivity index (χ0) is 18.4. The van der Waals surface area contributed by atoms with Crippen LogP contribution in [0.3, 0.4) is 0 Å². The van der Waals surface area contributed by atoms with Crippen molar-refractivity contribution in [2.75, 3.05) is 45.2 Å². The molecule has 144 valence electrons. The molecule has 3 rings (SSSR count). The lowest BCUT2D eigenvalue weighted by Gasteiger charge is -2.35. The fraction of sp³-hybridized carbons (Fsp3) is 0.300. The number of carbonyl (C=O) groups excluding carboxylic acids is 2. The standard InChI is InChI=1S/C20H23N3O3.ClH/c1-26-18-9-7-16(8-10-18)20(25)23-13-11-22(12-14-23)19(24)15-21-17-5-3-2-4-6-17;/h2-10,21H,11-15H2,1H3;1H. The molecule has 1 aliphatic heterocycles. The Labute approximate surface area is 165 Å². The van der Waals surface area contributed by atoms with Gasteiger partial charge >= 0.3 is 0 Å². The van der Waals surface area contributed by atoms with E-state index in [2.05, 4.69) is 5.32 Å². The van der Waals surface area contributed by atoms with Crippen molar-refractivity contribution < 1.29 is 14.3 Å². The largest absolute Gasteiger partial charge is 0.497 e. The number of rotatable bonds is 5. The molecule has 7 heteroatoms. The predicted molar refractivity (Wildman–Crippen MR) is 108 cm³/mol. The lowest BCUT2D eigenvalue weighted by atomic mass is 10.1. The molecule has 2 aromatic rings. The number of methoxy groups -OCH3 is 1. The van der Waals surface area contributed by atoms with E-state index in [1.807, 2.05) is 30.3 Å². The number of amides is 2. The first-order valence-corrected chi connectivity index (χ1v) is 8.67. The molecule has 0 bridgehead atoms. The minimum atomic E-state index is -0.0119. The van der Waals surface area contributed by atoms with Crippen LogP contribution in [-0.2, 0) is 4.79 Å². The van der Waals surface area contributed by atoms with Gasteiger partial charge in [-0.1, -0.05) is 18.2 Å². The van der Waals surface area contributed by atoms with Crippen molar-refractivity contribution in [2.45, 2.75) is 0 Å². The van der Waals surface area contributed by atoms with Crippen molar-refractivity contribution in [3.8, 4) is 5.75 Å². The van der Waals surface area contributed by atoms with E-state index in [-0.39, 0.29) is 30.8 Å². The first kappa shape index (κ1) is 20.6. The van der Waals surface area contributed by atoms with Gasteiger partial charge in [0.25, 0.3) is 5.91 Å². The second-order valence-electron chi connectivity index (χ2n) is 6.12. The molecule has 1 aliphatic rings. The van der Waals surface area contributed by atoms with Gasteiger partial charge in [0.15, 0.2) is 0 Å². The van der Waals surface area contributed by atoms with Crippen LogP contribution in [0.15, 0.2) is 54.6 Å². The quantitative estimate of drug-likeness (QED) is 0.853. The summed E-state index contributed by atoms with van der Waals surface area (Å²) in [4.78, 5) is 28.5. The number of nitrogens with zero attached hydrogens (tertiary/aromatic N) is 2. The normalized spacial score (nSPS) is 13.5. The average Bonchev–Trinajstić information content (AvgIpc) is 2.72. The molecule has 0 saturated carbocycles. The number of hydrogen-bond acceptors (Lipinski definition) is 4. The van der Waals surface area contributed by atoms with Crippen molar-refractivity contribution >= 4 is 29.9 Å².